The number of nitrogens with one attached hydrogen (secondary N) is 1. The Balaban J connectivity index is 2.00. The van der Waals surface area contributed by atoms with Crippen molar-refractivity contribution in [2.24, 2.45) is 0 Å². The zero-order chi connectivity index (χ0) is 18.1. The summed E-state index contributed by atoms with van der Waals surface area (Å²) in [6, 6.07) is 8.30. The lowest BCUT2D eigenvalue weighted by molar-refractivity contribution is -0.114. The van der Waals surface area contributed by atoms with Crippen LogP contribution in [0.1, 0.15) is 28.8 Å². The number of aromatic carboxylic acids is 1. The number of carboxylic acids is 1. The number of carbonyl (C=O) groups excluding carboxylic acids is 1. The molecule has 0 aliphatic rings. The van der Waals surface area contributed by atoms with Crippen molar-refractivity contribution < 1.29 is 14.7 Å². The molecule has 8 heteroatoms. The second kappa shape index (κ2) is 6.52. The van der Waals surface area contributed by atoms with E-state index in [9.17, 15) is 9.59 Å². The zero-order valence-corrected chi connectivity index (χ0v) is 14.3. The maximum Gasteiger partial charge on any atom is 0.354 e. The lowest BCUT2D eigenvalue weighted by Crippen LogP contribution is -2.08. The van der Waals surface area contributed by atoms with Gasteiger partial charge in [0.25, 0.3) is 0 Å². The molecule has 3 aromatic rings. The predicted molar refractivity (Wildman–Crippen MR) is 94.1 cm³/mol. The number of carbonyl (C=O) groups is 2. The number of benzene rings is 1. The fourth-order valence-corrected chi connectivity index (χ4v) is 2.79. The Labute approximate surface area is 148 Å². The first-order chi connectivity index (χ1) is 11.8. The fourth-order valence-electron chi connectivity index (χ4n) is 2.55. The molecule has 25 heavy (non-hydrogen) atoms. The molecule has 0 radical (unpaired) electrons. The van der Waals surface area contributed by atoms with Crippen LogP contribution in [0, 0.1) is 6.92 Å². The van der Waals surface area contributed by atoms with E-state index in [4.69, 9.17) is 16.7 Å². The monoisotopic (exact) mass is 358 g/mol. The number of amides is 1. The van der Waals surface area contributed by atoms with Crippen LogP contribution in [0.4, 0.5) is 5.69 Å². The third kappa shape index (κ3) is 3.46. The number of carboxylic acid groups (broad SMARTS) is 1. The minimum atomic E-state index is -1.09. The first-order valence-corrected chi connectivity index (χ1v) is 7.86. The van der Waals surface area contributed by atoms with E-state index in [2.05, 4.69) is 15.3 Å². The topological polar surface area (TPSA) is 97.1 Å². The number of anilines is 1. The molecule has 0 bridgehead atoms. The third-order valence-corrected chi connectivity index (χ3v) is 4.06. The molecule has 0 saturated heterocycles. The van der Waals surface area contributed by atoms with Gasteiger partial charge in [-0.1, -0.05) is 17.7 Å². The number of hydrogen-bond acceptors (Lipinski definition) is 4. The first-order valence-electron chi connectivity index (χ1n) is 7.48. The summed E-state index contributed by atoms with van der Waals surface area (Å²) in [6.07, 6.45) is 0. The Morgan fingerprint density at radius 1 is 1.24 bits per heavy atom. The Morgan fingerprint density at radius 3 is 2.64 bits per heavy atom. The number of pyridine rings is 1. The van der Waals surface area contributed by atoms with Crippen molar-refractivity contribution in [1.29, 1.82) is 0 Å². The van der Waals surface area contributed by atoms with E-state index in [1.165, 1.54) is 13.0 Å². The molecule has 3 rings (SSSR count). The van der Waals surface area contributed by atoms with Crippen LogP contribution >= 0.6 is 11.6 Å². The number of fused-ring (bicyclic) bond motifs is 1. The molecule has 128 valence electrons. The van der Waals surface area contributed by atoms with E-state index in [0.29, 0.717) is 34.2 Å². The quantitative estimate of drug-likeness (QED) is 0.746. The highest BCUT2D eigenvalue weighted by molar-refractivity contribution is 6.31. The summed E-state index contributed by atoms with van der Waals surface area (Å²) in [6.45, 7) is 3.63. The zero-order valence-electron chi connectivity index (χ0n) is 13.6. The molecular weight excluding hydrogens is 344 g/mol. The van der Waals surface area contributed by atoms with Crippen LogP contribution in [0.3, 0.4) is 0 Å². The standard InChI is InChI=1S/C17H15ClN4O3/c1-9-19-14-5-6-15(17(24)25)21-16(14)22(9)8-11-3-4-12(7-13(11)18)20-10(2)23/h3-7H,8H2,1-2H3,(H,20,23)(H,24,25). The summed E-state index contributed by atoms with van der Waals surface area (Å²) in [4.78, 5) is 30.9. The number of nitrogens with zero attached hydrogens (tertiary/aromatic N) is 3. The molecule has 2 aromatic heterocycles. The molecule has 0 aliphatic heterocycles. The number of aryl methyl sites for hydroxylation is 1. The average molecular weight is 359 g/mol. The smallest absolute Gasteiger partial charge is 0.354 e. The maximum atomic E-state index is 11.2. The van der Waals surface area contributed by atoms with Crippen molar-refractivity contribution in [3.63, 3.8) is 0 Å². The predicted octanol–water partition coefficient (Wildman–Crippen LogP) is 3.10. The largest absolute Gasteiger partial charge is 0.477 e. The van der Waals surface area contributed by atoms with Crippen molar-refractivity contribution >= 4 is 40.3 Å². The van der Waals surface area contributed by atoms with Gasteiger partial charge in [-0.05, 0) is 36.8 Å². The van der Waals surface area contributed by atoms with Gasteiger partial charge in [-0.15, -0.1) is 0 Å². The fraction of sp³-hybridized carbons (Fsp3) is 0.176. The van der Waals surface area contributed by atoms with Crippen molar-refractivity contribution in [1.82, 2.24) is 14.5 Å². The molecule has 2 heterocycles. The van der Waals surface area contributed by atoms with Crippen molar-refractivity contribution in [3.8, 4) is 0 Å². The van der Waals surface area contributed by atoms with Crippen LogP contribution in [0.25, 0.3) is 11.2 Å². The first kappa shape index (κ1) is 16.9. The minimum Gasteiger partial charge on any atom is -0.477 e. The number of aromatic nitrogens is 3. The van der Waals surface area contributed by atoms with Gasteiger partial charge >= 0.3 is 5.97 Å². The second-order valence-corrected chi connectivity index (χ2v) is 5.98. The van der Waals surface area contributed by atoms with Crippen LogP contribution in [-0.2, 0) is 11.3 Å². The summed E-state index contributed by atoms with van der Waals surface area (Å²) >= 11 is 6.32. The summed E-state index contributed by atoms with van der Waals surface area (Å²) in [5.74, 6) is -0.567. The highest BCUT2D eigenvalue weighted by Crippen LogP contribution is 2.24. The molecule has 1 amide bonds. The summed E-state index contributed by atoms with van der Waals surface area (Å²) in [5.41, 5.74) is 2.48. The Kier molecular flexibility index (Phi) is 4.41. The Bertz CT molecular complexity index is 997. The second-order valence-electron chi connectivity index (χ2n) is 5.58. The van der Waals surface area contributed by atoms with Gasteiger partial charge in [0.05, 0.1) is 6.54 Å². The van der Waals surface area contributed by atoms with Gasteiger partial charge < -0.3 is 15.0 Å². The highest BCUT2D eigenvalue weighted by Gasteiger charge is 2.14. The third-order valence-electron chi connectivity index (χ3n) is 3.70. The molecule has 0 spiro atoms. The van der Waals surface area contributed by atoms with Crippen molar-refractivity contribution in [2.75, 3.05) is 5.32 Å². The molecule has 0 atom stereocenters. The number of imidazole rings is 1. The van der Waals surface area contributed by atoms with Crippen LogP contribution in [0.2, 0.25) is 5.02 Å². The van der Waals surface area contributed by atoms with E-state index in [1.54, 1.807) is 28.8 Å². The normalized spacial score (nSPS) is 10.8. The average Bonchev–Trinajstić information content (AvgIpc) is 2.84. The van der Waals surface area contributed by atoms with Crippen molar-refractivity contribution in [2.45, 2.75) is 20.4 Å². The Morgan fingerprint density at radius 2 is 2.00 bits per heavy atom. The summed E-state index contributed by atoms with van der Waals surface area (Å²) in [5, 5.41) is 12.3. The minimum absolute atomic E-state index is 0.0410. The van der Waals surface area contributed by atoms with E-state index in [0.717, 1.165) is 5.56 Å². The van der Waals surface area contributed by atoms with Gasteiger partial charge in [-0.2, -0.15) is 0 Å². The van der Waals surface area contributed by atoms with E-state index in [1.807, 2.05) is 6.92 Å². The maximum absolute atomic E-state index is 11.2. The molecule has 0 fully saturated rings. The SMILES string of the molecule is CC(=O)Nc1ccc(Cn2c(C)nc3ccc(C(=O)O)nc32)c(Cl)c1. The Hall–Kier alpha value is -2.93. The van der Waals surface area contributed by atoms with E-state index in [-0.39, 0.29) is 11.6 Å². The molecule has 1 aromatic carbocycles. The van der Waals surface area contributed by atoms with E-state index < -0.39 is 5.97 Å². The van der Waals surface area contributed by atoms with Gasteiger partial charge in [0, 0.05) is 17.6 Å². The van der Waals surface area contributed by atoms with Gasteiger partial charge in [0.2, 0.25) is 5.91 Å². The summed E-state index contributed by atoms with van der Waals surface area (Å²) < 4.78 is 1.81. The molecular formula is C17H15ClN4O3. The van der Waals surface area contributed by atoms with Crippen molar-refractivity contribution in [3.05, 3.63) is 52.4 Å². The van der Waals surface area contributed by atoms with E-state index >= 15 is 0 Å². The van der Waals surface area contributed by atoms with Crippen LogP contribution < -0.4 is 5.32 Å². The molecule has 0 saturated carbocycles. The molecule has 0 unspecified atom stereocenters. The van der Waals surface area contributed by atoms with Crippen LogP contribution in [-0.4, -0.2) is 31.5 Å². The highest BCUT2D eigenvalue weighted by atomic mass is 35.5. The van der Waals surface area contributed by atoms with Gasteiger partial charge in [0.15, 0.2) is 11.3 Å². The molecule has 7 nitrogen and oxygen atoms in total. The lowest BCUT2D eigenvalue weighted by Gasteiger charge is -2.10. The van der Waals surface area contributed by atoms with Crippen LogP contribution in [0.5, 0.6) is 0 Å². The molecule has 0 aliphatic carbocycles. The number of rotatable bonds is 4. The van der Waals surface area contributed by atoms with Gasteiger partial charge in [0.1, 0.15) is 11.3 Å². The number of halogens is 1. The van der Waals surface area contributed by atoms with Crippen LogP contribution in [0.15, 0.2) is 30.3 Å². The molecule has 2 N–H and O–H groups in total. The number of hydrogen-bond donors (Lipinski definition) is 2. The summed E-state index contributed by atoms with van der Waals surface area (Å²) in [7, 11) is 0. The van der Waals surface area contributed by atoms with Gasteiger partial charge in [-0.25, -0.2) is 14.8 Å². The van der Waals surface area contributed by atoms with Gasteiger partial charge in [-0.3, -0.25) is 4.79 Å². The lowest BCUT2D eigenvalue weighted by atomic mass is 10.2.